The van der Waals surface area contributed by atoms with Gasteiger partial charge in [-0.15, -0.1) is 0 Å². The number of nitrogens with zero attached hydrogens (tertiary/aromatic N) is 6. The number of halogens is 3. The second-order valence-corrected chi connectivity index (χ2v) is 13.7. The van der Waals surface area contributed by atoms with Gasteiger partial charge in [-0.05, 0) is 78.8 Å². The summed E-state index contributed by atoms with van der Waals surface area (Å²) in [4.78, 5) is 35.2. The normalized spacial score (nSPS) is 16.4. The highest BCUT2D eigenvalue weighted by molar-refractivity contribution is 6.36. The van der Waals surface area contributed by atoms with Crippen LogP contribution in [0.2, 0.25) is 5.02 Å². The van der Waals surface area contributed by atoms with Gasteiger partial charge in [-0.25, -0.2) is 23.7 Å². The Morgan fingerprint density at radius 1 is 1.04 bits per heavy atom. The lowest BCUT2D eigenvalue weighted by Crippen LogP contribution is -2.34. The van der Waals surface area contributed by atoms with E-state index >= 15 is 0 Å². The van der Waals surface area contributed by atoms with Crippen molar-refractivity contribution in [1.82, 2.24) is 29.7 Å². The predicted octanol–water partition coefficient (Wildman–Crippen LogP) is 6.21. The highest BCUT2D eigenvalue weighted by Crippen LogP contribution is 2.39. The van der Waals surface area contributed by atoms with Gasteiger partial charge in [-0.2, -0.15) is 0 Å². The molecule has 2 aliphatic rings. The number of aromatic nitrogens is 4. The number of anilines is 3. The van der Waals surface area contributed by atoms with Crippen LogP contribution in [0, 0.1) is 13.8 Å². The number of carbonyl (C=O) groups excluding carboxylic acids is 1. The van der Waals surface area contributed by atoms with Gasteiger partial charge in [-0.1, -0.05) is 35.9 Å². The number of alkyl halides is 2. The maximum Gasteiger partial charge on any atom is 0.297 e. The first-order chi connectivity index (χ1) is 25.1. The number of nitrogens with one attached hydrogen (secondary N) is 2. The summed E-state index contributed by atoms with van der Waals surface area (Å²) >= 11 is 6.96. The van der Waals surface area contributed by atoms with Gasteiger partial charge in [0.05, 0.1) is 34.6 Å². The minimum atomic E-state index is -2.90. The number of β-amino-alcohol motifs (C(OH)–C–C–N with tert-alkyl or cyclic N) is 2. The molecule has 5 aromatic rings. The van der Waals surface area contributed by atoms with Gasteiger partial charge in [0.25, 0.3) is 12.3 Å². The summed E-state index contributed by atoms with van der Waals surface area (Å²) in [6, 6.07) is 14.4. The molecule has 0 bridgehead atoms. The number of aliphatic hydroxyl groups excluding tert-OH is 2. The molecule has 1 atom stereocenters. The number of aryl methyl sites for hydroxylation is 1. The summed E-state index contributed by atoms with van der Waals surface area (Å²) in [6.07, 6.45) is -0.0964. The number of carbonyl (C=O) groups is 1. The maximum atomic E-state index is 14.0. The Kier molecular flexibility index (Phi) is 10.4. The van der Waals surface area contributed by atoms with Crippen molar-refractivity contribution in [2.75, 3.05) is 43.4 Å². The lowest BCUT2D eigenvalue weighted by atomic mass is 9.98. The van der Waals surface area contributed by atoms with Crippen molar-refractivity contribution >= 4 is 45.7 Å². The summed E-state index contributed by atoms with van der Waals surface area (Å²) < 4.78 is 28.0. The molecule has 1 fully saturated rings. The Morgan fingerprint density at radius 2 is 1.83 bits per heavy atom. The molecule has 2 aliphatic heterocycles. The van der Waals surface area contributed by atoms with Crippen LogP contribution in [0.1, 0.15) is 57.1 Å². The molecule has 1 amide bonds. The predicted molar refractivity (Wildman–Crippen MR) is 196 cm³/mol. The molecule has 4 N–H and O–H groups in total. The minimum Gasteiger partial charge on any atom is -0.395 e. The molecule has 3 aromatic heterocycles. The zero-order valence-electron chi connectivity index (χ0n) is 28.8. The highest BCUT2D eigenvalue weighted by Gasteiger charge is 2.24. The van der Waals surface area contributed by atoms with Crippen molar-refractivity contribution in [3.63, 3.8) is 0 Å². The molecule has 0 spiro atoms. The van der Waals surface area contributed by atoms with E-state index < -0.39 is 18.2 Å². The van der Waals surface area contributed by atoms with E-state index in [4.69, 9.17) is 11.6 Å². The van der Waals surface area contributed by atoms with Gasteiger partial charge < -0.3 is 20.8 Å². The number of fused-ring (bicyclic) bond motifs is 2. The second-order valence-electron chi connectivity index (χ2n) is 13.3. The standard InChI is InChI=1S/C38H39ClF2N8O3/c1-21-15-31(43-32-20-48(13-14-50)12-10-25(21)32)38(52)46-29-8-4-6-27(33(29)39)26-5-3-7-28(22(26)2)44-36-34-30(45-37(47-36)35(40)41)16-23(17-42-34)18-49-11-9-24(51)19-49/h3-8,15-17,24,35,50-51H,9-14,18-20H2,1-2H3,(H,46,52)(H,44,45,47)/t24-/m1/s1. The van der Waals surface area contributed by atoms with E-state index in [9.17, 15) is 23.8 Å². The largest absolute Gasteiger partial charge is 0.395 e. The van der Waals surface area contributed by atoms with E-state index in [1.807, 2.05) is 38.1 Å². The average Bonchev–Trinajstić information content (AvgIpc) is 3.53. The highest BCUT2D eigenvalue weighted by atomic mass is 35.5. The van der Waals surface area contributed by atoms with Crippen LogP contribution in [0.15, 0.2) is 54.7 Å². The maximum absolute atomic E-state index is 14.0. The van der Waals surface area contributed by atoms with Crippen LogP contribution in [-0.2, 0) is 19.5 Å². The Morgan fingerprint density at radius 3 is 2.58 bits per heavy atom. The van der Waals surface area contributed by atoms with E-state index in [-0.39, 0.29) is 29.7 Å². The van der Waals surface area contributed by atoms with Crippen molar-refractivity contribution in [1.29, 1.82) is 0 Å². The molecule has 0 radical (unpaired) electrons. The van der Waals surface area contributed by atoms with Crippen molar-refractivity contribution in [2.24, 2.45) is 0 Å². The van der Waals surface area contributed by atoms with Crippen LogP contribution in [0.3, 0.4) is 0 Å². The van der Waals surface area contributed by atoms with E-state index in [1.54, 1.807) is 30.5 Å². The first kappa shape index (κ1) is 35.7. The van der Waals surface area contributed by atoms with Crippen molar-refractivity contribution < 1.29 is 23.8 Å². The zero-order chi connectivity index (χ0) is 36.5. The first-order valence-corrected chi connectivity index (χ1v) is 17.6. The molecule has 0 unspecified atom stereocenters. The molecule has 1 saturated heterocycles. The summed E-state index contributed by atoms with van der Waals surface area (Å²) in [6.45, 7) is 7.66. The molecule has 0 saturated carbocycles. The molecular weight excluding hydrogens is 690 g/mol. The molecular formula is C38H39ClF2N8O3. The Hall–Kier alpha value is -4.66. The molecule has 14 heteroatoms. The number of hydrogen-bond acceptors (Lipinski definition) is 10. The van der Waals surface area contributed by atoms with E-state index in [0.29, 0.717) is 60.1 Å². The molecule has 5 heterocycles. The van der Waals surface area contributed by atoms with Gasteiger partial charge in [-0.3, -0.25) is 19.6 Å². The van der Waals surface area contributed by atoms with Crippen LogP contribution in [-0.4, -0.2) is 84.7 Å². The van der Waals surface area contributed by atoms with Gasteiger partial charge in [0.1, 0.15) is 11.2 Å². The number of pyridine rings is 2. The monoisotopic (exact) mass is 728 g/mol. The minimum absolute atomic E-state index is 0.0590. The van der Waals surface area contributed by atoms with Gasteiger partial charge >= 0.3 is 0 Å². The van der Waals surface area contributed by atoms with Crippen molar-refractivity contribution in [2.45, 2.75) is 52.3 Å². The molecule has 52 heavy (non-hydrogen) atoms. The topological polar surface area (TPSA) is 140 Å². The fourth-order valence-corrected chi connectivity index (χ4v) is 7.30. The third kappa shape index (κ3) is 7.46. The van der Waals surface area contributed by atoms with Crippen LogP contribution in [0.5, 0.6) is 0 Å². The van der Waals surface area contributed by atoms with Gasteiger partial charge in [0.15, 0.2) is 11.6 Å². The Balaban J connectivity index is 1.15. The number of amides is 1. The smallest absolute Gasteiger partial charge is 0.297 e. The van der Waals surface area contributed by atoms with Crippen molar-refractivity contribution in [3.05, 3.63) is 99.2 Å². The van der Waals surface area contributed by atoms with E-state index in [0.717, 1.165) is 53.0 Å². The van der Waals surface area contributed by atoms with Crippen molar-refractivity contribution in [3.8, 4) is 11.1 Å². The number of rotatable bonds is 10. The molecule has 11 nitrogen and oxygen atoms in total. The van der Waals surface area contributed by atoms with E-state index in [1.165, 1.54) is 0 Å². The SMILES string of the molecule is Cc1cc(C(=O)Nc2cccc(-c3cccc(Nc4nc(C(F)F)nc5cc(CN6CC[C@@H](O)C6)cnc45)c3C)c2Cl)nc2c1CCN(CCO)C2. The second kappa shape index (κ2) is 15.1. The quantitative estimate of drug-likeness (QED) is 0.131. The number of benzene rings is 2. The average molecular weight is 729 g/mol. The van der Waals surface area contributed by atoms with Crippen LogP contribution >= 0.6 is 11.6 Å². The summed E-state index contributed by atoms with van der Waals surface area (Å²) in [5.74, 6) is -0.865. The summed E-state index contributed by atoms with van der Waals surface area (Å²) in [7, 11) is 0. The van der Waals surface area contributed by atoms with Crippen LogP contribution in [0.25, 0.3) is 22.2 Å². The van der Waals surface area contributed by atoms with Gasteiger partial charge in [0, 0.05) is 56.7 Å². The lowest BCUT2D eigenvalue weighted by Gasteiger charge is -2.28. The number of hydrogen-bond donors (Lipinski definition) is 4. The van der Waals surface area contributed by atoms with Crippen LogP contribution in [0.4, 0.5) is 26.0 Å². The molecule has 7 rings (SSSR count). The third-order valence-electron chi connectivity index (χ3n) is 9.72. The summed E-state index contributed by atoms with van der Waals surface area (Å²) in [5.41, 5.74) is 7.86. The first-order valence-electron chi connectivity index (χ1n) is 17.2. The molecule has 270 valence electrons. The van der Waals surface area contributed by atoms with Gasteiger partial charge in [0.2, 0.25) is 0 Å². The third-order valence-corrected chi connectivity index (χ3v) is 10.1. The summed E-state index contributed by atoms with van der Waals surface area (Å²) in [5, 5.41) is 25.8. The number of likely N-dealkylation sites (tertiary alicyclic amines) is 1. The molecule has 2 aromatic carbocycles. The zero-order valence-corrected chi connectivity index (χ0v) is 29.6. The van der Waals surface area contributed by atoms with E-state index in [2.05, 4.69) is 40.4 Å². The Bertz CT molecular complexity index is 2150. The molecule has 0 aliphatic carbocycles. The fourth-order valence-electron chi connectivity index (χ4n) is 7.02. The fraction of sp³-hybridized carbons (Fsp3) is 0.342. The Labute approximate surface area is 304 Å². The van der Waals surface area contributed by atoms with Crippen LogP contribution < -0.4 is 10.6 Å². The lowest BCUT2D eigenvalue weighted by molar-refractivity contribution is 0.102. The number of aliphatic hydroxyl groups is 2.